The lowest BCUT2D eigenvalue weighted by molar-refractivity contribution is -0.114. The number of amides is 1. The quantitative estimate of drug-likeness (QED) is 0.666. The molecule has 0 unspecified atom stereocenters. The predicted molar refractivity (Wildman–Crippen MR) is 78.4 cm³/mol. The standard InChI is InChI=1S/C16H19NO3/c1-11(18)17-14-7-6-13(15(19)20-5)10-12(14)8-9-16(2,3)4/h6-7,10H,1-5H3,(H,17,18). The highest BCUT2D eigenvalue weighted by Gasteiger charge is 2.10. The molecular formula is C16H19NO3. The Morgan fingerprint density at radius 2 is 1.90 bits per heavy atom. The maximum Gasteiger partial charge on any atom is 0.337 e. The van der Waals surface area contributed by atoms with Crippen molar-refractivity contribution in [2.75, 3.05) is 12.4 Å². The number of carbonyl (C=O) groups excluding carboxylic acids is 2. The van der Waals surface area contributed by atoms with Gasteiger partial charge in [-0.15, -0.1) is 0 Å². The Balaban J connectivity index is 3.28. The van der Waals surface area contributed by atoms with E-state index < -0.39 is 5.97 Å². The summed E-state index contributed by atoms with van der Waals surface area (Å²) in [6.45, 7) is 7.39. The number of ether oxygens (including phenoxy) is 1. The molecule has 0 heterocycles. The summed E-state index contributed by atoms with van der Waals surface area (Å²) < 4.78 is 4.68. The highest BCUT2D eigenvalue weighted by molar-refractivity contribution is 5.94. The number of carbonyl (C=O) groups is 2. The van der Waals surface area contributed by atoms with Crippen molar-refractivity contribution in [2.45, 2.75) is 27.7 Å². The molecule has 0 atom stereocenters. The Labute approximate surface area is 119 Å². The van der Waals surface area contributed by atoms with Crippen molar-refractivity contribution < 1.29 is 14.3 Å². The summed E-state index contributed by atoms with van der Waals surface area (Å²) >= 11 is 0. The monoisotopic (exact) mass is 273 g/mol. The number of hydrogen-bond acceptors (Lipinski definition) is 3. The smallest absolute Gasteiger partial charge is 0.337 e. The first-order chi connectivity index (χ1) is 9.23. The Bertz CT molecular complexity index is 586. The van der Waals surface area contributed by atoms with E-state index in [-0.39, 0.29) is 11.3 Å². The molecule has 0 aliphatic carbocycles. The fourth-order valence-electron chi connectivity index (χ4n) is 1.45. The van der Waals surface area contributed by atoms with Gasteiger partial charge in [0, 0.05) is 17.9 Å². The third-order valence-electron chi connectivity index (χ3n) is 2.32. The predicted octanol–water partition coefficient (Wildman–Crippen LogP) is 2.83. The van der Waals surface area contributed by atoms with Crippen LogP contribution in [0.3, 0.4) is 0 Å². The van der Waals surface area contributed by atoms with E-state index in [1.807, 2.05) is 20.8 Å². The number of benzene rings is 1. The summed E-state index contributed by atoms with van der Waals surface area (Å²) in [5.74, 6) is 5.47. The first-order valence-electron chi connectivity index (χ1n) is 6.26. The average molecular weight is 273 g/mol. The van der Waals surface area contributed by atoms with Crippen LogP contribution in [0, 0.1) is 17.3 Å². The molecule has 0 aliphatic rings. The molecule has 0 saturated heterocycles. The summed E-state index contributed by atoms with van der Waals surface area (Å²) in [5.41, 5.74) is 1.41. The normalized spacial score (nSPS) is 10.2. The largest absolute Gasteiger partial charge is 0.465 e. The van der Waals surface area contributed by atoms with Gasteiger partial charge in [0.25, 0.3) is 0 Å². The highest BCUT2D eigenvalue weighted by Crippen LogP contribution is 2.19. The zero-order valence-electron chi connectivity index (χ0n) is 12.5. The molecule has 20 heavy (non-hydrogen) atoms. The lowest BCUT2D eigenvalue weighted by Crippen LogP contribution is -2.09. The van der Waals surface area contributed by atoms with E-state index in [1.54, 1.807) is 18.2 Å². The summed E-state index contributed by atoms with van der Waals surface area (Å²) in [6.07, 6.45) is 0. The molecule has 0 bridgehead atoms. The van der Waals surface area contributed by atoms with E-state index in [0.29, 0.717) is 16.8 Å². The van der Waals surface area contributed by atoms with Gasteiger partial charge < -0.3 is 10.1 Å². The van der Waals surface area contributed by atoms with E-state index >= 15 is 0 Å². The number of nitrogens with one attached hydrogen (secondary N) is 1. The van der Waals surface area contributed by atoms with E-state index in [0.717, 1.165) is 0 Å². The van der Waals surface area contributed by atoms with Crippen LogP contribution in [0.25, 0.3) is 0 Å². The van der Waals surface area contributed by atoms with Gasteiger partial charge in [-0.3, -0.25) is 4.79 Å². The fraction of sp³-hybridized carbons (Fsp3) is 0.375. The number of esters is 1. The molecule has 0 radical (unpaired) electrons. The van der Waals surface area contributed by atoms with Crippen molar-refractivity contribution in [3.05, 3.63) is 29.3 Å². The first kappa shape index (κ1) is 15.8. The van der Waals surface area contributed by atoms with Gasteiger partial charge in [0.15, 0.2) is 0 Å². The minimum atomic E-state index is -0.432. The van der Waals surface area contributed by atoms with Gasteiger partial charge >= 0.3 is 5.97 Å². The second kappa shape index (κ2) is 6.25. The van der Waals surface area contributed by atoms with Gasteiger partial charge in [-0.1, -0.05) is 11.8 Å². The number of rotatable bonds is 2. The topological polar surface area (TPSA) is 55.4 Å². The van der Waals surface area contributed by atoms with Gasteiger partial charge in [-0.2, -0.15) is 0 Å². The van der Waals surface area contributed by atoms with Crippen molar-refractivity contribution in [3.63, 3.8) is 0 Å². The zero-order valence-corrected chi connectivity index (χ0v) is 12.5. The van der Waals surface area contributed by atoms with Crippen molar-refractivity contribution >= 4 is 17.6 Å². The van der Waals surface area contributed by atoms with E-state index in [9.17, 15) is 9.59 Å². The van der Waals surface area contributed by atoms with Gasteiger partial charge in [-0.05, 0) is 39.0 Å². The van der Waals surface area contributed by atoms with Gasteiger partial charge in [0.1, 0.15) is 0 Å². The van der Waals surface area contributed by atoms with E-state index in [4.69, 9.17) is 0 Å². The van der Waals surface area contributed by atoms with Crippen LogP contribution in [0.4, 0.5) is 5.69 Å². The molecule has 0 aromatic heterocycles. The minimum absolute atomic E-state index is 0.172. The van der Waals surface area contributed by atoms with Gasteiger partial charge in [-0.25, -0.2) is 4.79 Å². The summed E-state index contributed by atoms with van der Waals surface area (Å²) in [7, 11) is 1.32. The van der Waals surface area contributed by atoms with Crippen LogP contribution in [-0.2, 0) is 9.53 Å². The van der Waals surface area contributed by atoms with Crippen LogP contribution in [0.1, 0.15) is 43.6 Å². The van der Waals surface area contributed by atoms with Crippen LogP contribution in [0.15, 0.2) is 18.2 Å². The Morgan fingerprint density at radius 1 is 1.25 bits per heavy atom. The molecule has 0 spiro atoms. The molecule has 1 amide bonds. The Morgan fingerprint density at radius 3 is 2.40 bits per heavy atom. The Kier molecular flexibility index (Phi) is 4.93. The molecule has 106 valence electrons. The second-order valence-electron chi connectivity index (χ2n) is 5.43. The summed E-state index contributed by atoms with van der Waals surface area (Å²) in [4.78, 5) is 22.7. The fourth-order valence-corrected chi connectivity index (χ4v) is 1.45. The third kappa shape index (κ3) is 4.77. The Hall–Kier alpha value is -2.28. The average Bonchev–Trinajstić information content (AvgIpc) is 2.35. The SMILES string of the molecule is COC(=O)c1ccc(NC(C)=O)c(C#CC(C)(C)C)c1. The minimum Gasteiger partial charge on any atom is -0.465 e. The third-order valence-corrected chi connectivity index (χ3v) is 2.32. The van der Waals surface area contributed by atoms with Crippen molar-refractivity contribution in [1.82, 2.24) is 0 Å². The van der Waals surface area contributed by atoms with Crippen LogP contribution in [-0.4, -0.2) is 19.0 Å². The maximum absolute atomic E-state index is 11.5. The van der Waals surface area contributed by atoms with Crippen molar-refractivity contribution in [3.8, 4) is 11.8 Å². The second-order valence-corrected chi connectivity index (χ2v) is 5.43. The van der Waals surface area contributed by atoms with Crippen LogP contribution >= 0.6 is 0 Å². The molecule has 1 N–H and O–H groups in total. The van der Waals surface area contributed by atoms with Crippen molar-refractivity contribution in [1.29, 1.82) is 0 Å². The lowest BCUT2D eigenvalue weighted by Gasteiger charge is -2.10. The molecule has 0 fully saturated rings. The summed E-state index contributed by atoms with van der Waals surface area (Å²) in [5, 5.41) is 2.70. The number of methoxy groups -OCH3 is 1. The van der Waals surface area contributed by atoms with Gasteiger partial charge in [0.2, 0.25) is 5.91 Å². The molecule has 4 heteroatoms. The molecule has 0 saturated carbocycles. The van der Waals surface area contributed by atoms with E-state index in [1.165, 1.54) is 14.0 Å². The summed E-state index contributed by atoms with van der Waals surface area (Å²) in [6, 6.07) is 4.87. The molecular weight excluding hydrogens is 254 g/mol. The van der Waals surface area contributed by atoms with Crippen molar-refractivity contribution in [2.24, 2.45) is 5.41 Å². The highest BCUT2D eigenvalue weighted by atomic mass is 16.5. The van der Waals surface area contributed by atoms with Crippen LogP contribution in [0.2, 0.25) is 0 Å². The van der Waals surface area contributed by atoms with Gasteiger partial charge in [0.05, 0.1) is 18.4 Å². The molecule has 0 aliphatic heterocycles. The lowest BCUT2D eigenvalue weighted by atomic mass is 9.97. The van der Waals surface area contributed by atoms with Crippen LogP contribution < -0.4 is 5.32 Å². The van der Waals surface area contributed by atoms with Crippen LogP contribution in [0.5, 0.6) is 0 Å². The number of anilines is 1. The van der Waals surface area contributed by atoms with E-state index in [2.05, 4.69) is 21.9 Å². The maximum atomic E-state index is 11.5. The number of hydrogen-bond donors (Lipinski definition) is 1. The zero-order chi connectivity index (χ0) is 15.3. The molecule has 1 rings (SSSR count). The molecule has 1 aromatic carbocycles. The molecule has 4 nitrogen and oxygen atoms in total. The first-order valence-corrected chi connectivity index (χ1v) is 6.26. The molecule has 1 aromatic rings.